The Bertz CT molecular complexity index is 896. The molecule has 0 aromatic carbocycles. The number of thiophene rings is 1. The zero-order valence-corrected chi connectivity index (χ0v) is 14.8. The minimum absolute atomic E-state index is 0.0490. The van der Waals surface area contributed by atoms with E-state index in [1.807, 2.05) is 23.1 Å². The fourth-order valence-corrected chi connectivity index (χ4v) is 3.87. The number of hydrogen-bond acceptors (Lipinski definition) is 6. The minimum Gasteiger partial charge on any atom is -0.350 e. The number of aromatic nitrogens is 4. The van der Waals surface area contributed by atoms with Gasteiger partial charge in [0.05, 0.1) is 17.8 Å². The first-order valence-corrected chi connectivity index (χ1v) is 9.32. The van der Waals surface area contributed by atoms with Crippen LogP contribution < -0.4 is 10.6 Å². The molecular formula is C17H20N6OS. The van der Waals surface area contributed by atoms with Gasteiger partial charge in [-0.1, -0.05) is 0 Å². The Kier molecular flexibility index (Phi) is 4.46. The Labute approximate surface area is 149 Å². The number of nitrogens with one attached hydrogen (secondary N) is 2. The van der Waals surface area contributed by atoms with E-state index in [4.69, 9.17) is 5.10 Å². The highest BCUT2D eigenvalue weighted by atomic mass is 32.1. The normalized spacial score (nSPS) is 17.2. The molecule has 0 bridgehead atoms. The number of aryl methyl sites for hydroxylation is 1. The highest BCUT2D eigenvalue weighted by Crippen LogP contribution is 2.26. The molecule has 1 atom stereocenters. The zero-order valence-electron chi connectivity index (χ0n) is 14.0. The predicted molar refractivity (Wildman–Crippen MR) is 96.9 cm³/mol. The molecule has 3 aromatic rings. The van der Waals surface area contributed by atoms with Crippen LogP contribution in [0.1, 0.15) is 33.3 Å². The molecule has 1 amide bonds. The van der Waals surface area contributed by atoms with Crippen LogP contribution >= 0.6 is 11.3 Å². The Morgan fingerprint density at radius 3 is 3.08 bits per heavy atom. The number of fused-ring (bicyclic) bond motifs is 1. The maximum absolute atomic E-state index is 12.2. The van der Waals surface area contributed by atoms with Gasteiger partial charge in [-0.25, -0.2) is 14.6 Å². The van der Waals surface area contributed by atoms with Crippen molar-refractivity contribution in [2.45, 2.75) is 25.8 Å². The molecule has 25 heavy (non-hydrogen) atoms. The third-order valence-electron chi connectivity index (χ3n) is 4.44. The van der Waals surface area contributed by atoms with Gasteiger partial charge < -0.3 is 10.6 Å². The topological polar surface area (TPSA) is 84.7 Å². The number of rotatable bonds is 5. The molecule has 7 nitrogen and oxygen atoms in total. The largest absolute Gasteiger partial charge is 0.350 e. The molecule has 1 saturated heterocycles. The number of nitrogens with zero attached hydrogens (tertiary/aromatic N) is 4. The second kappa shape index (κ2) is 6.89. The van der Waals surface area contributed by atoms with Crippen molar-refractivity contribution in [3.05, 3.63) is 40.0 Å². The van der Waals surface area contributed by atoms with Crippen LogP contribution in [0.15, 0.2) is 23.8 Å². The van der Waals surface area contributed by atoms with Gasteiger partial charge in [0.1, 0.15) is 5.52 Å². The molecule has 130 valence electrons. The first-order chi connectivity index (χ1) is 12.2. The van der Waals surface area contributed by atoms with Crippen LogP contribution in [0.3, 0.4) is 0 Å². The lowest BCUT2D eigenvalue weighted by Gasteiger charge is -2.05. The smallest absolute Gasteiger partial charge is 0.252 e. The molecule has 4 rings (SSSR count). The summed E-state index contributed by atoms with van der Waals surface area (Å²) in [6.45, 7) is 5.01. The average Bonchev–Trinajstić information content (AvgIpc) is 3.34. The molecule has 1 fully saturated rings. The molecule has 0 saturated carbocycles. The lowest BCUT2D eigenvalue weighted by atomic mass is 10.0. The molecule has 1 aliphatic heterocycles. The molecule has 1 unspecified atom stereocenters. The molecule has 8 heteroatoms. The summed E-state index contributed by atoms with van der Waals surface area (Å²) in [6.07, 6.45) is 4.46. The summed E-state index contributed by atoms with van der Waals surface area (Å²) in [4.78, 5) is 22.2. The van der Waals surface area contributed by atoms with E-state index >= 15 is 0 Å². The Morgan fingerprint density at radius 1 is 1.44 bits per heavy atom. The maximum atomic E-state index is 12.2. The predicted octanol–water partition coefficient (Wildman–Crippen LogP) is 1.70. The van der Waals surface area contributed by atoms with Crippen LogP contribution in [0.2, 0.25) is 0 Å². The summed E-state index contributed by atoms with van der Waals surface area (Å²) in [5.41, 5.74) is 3.37. The van der Waals surface area contributed by atoms with Crippen molar-refractivity contribution in [3.8, 4) is 0 Å². The lowest BCUT2D eigenvalue weighted by Crippen LogP contribution is -2.27. The van der Waals surface area contributed by atoms with Gasteiger partial charge in [-0.3, -0.25) is 4.79 Å². The maximum Gasteiger partial charge on any atom is 0.252 e. The van der Waals surface area contributed by atoms with E-state index in [1.165, 1.54) is 0 Å². The minimum atomic E-state index is -0.0490. The van der Waals surface area contributed by atoms with Crippen molar-refractivity contribution < 1.29 is 4.79 Å². The van der Waals surface area contributed by atoms with E-state index in [-0.39, 0.29) is 5.91 Å². The lowest BCUT2D eigenvalue weighted by molar-refractivity contribution is 0.0952. The van der Waals surface area contributed by atoms with Crippen LogP contribution in [0.25, 0.3) is 11.2 Å². The van der Waals surface area contributed by atoms with Gasteiger partial charge in [0, 0.05) is 41.7 Å². The van der Waals surface area contributed by atoms with E-state index in [1.54, 1.807) is 23.7 Å². The van der Waals surface area contributed by atoms with Crippen molar-refractivity contribution in [3.63, 3.8) is 0 Å². The van der Waals surface area contributed by atoms with E-state index in [2.05, 4.69) is 20.6 Å². The monoisotopic (exact) mass is 356 g/mol. The third kappa shape index (κ3) is 3.27. The van der Waals surface area contributed by atoms with Crippen LogP contribution in [0, 0.1) is 6.92 Å². The SMILES string of the molecule is Cc1cc(C(=O)NCCn2nc(C3CCNC3)c3nccnc32)cs1. The quantitative estimate of drug-likeness (QED) is 0.727. The summed E-state index contributed by atoms with van der Waals surface area (Å²) >= 11 is 1.58. The van der Waals surface area contributed by atoms with Crippen LogP contribution in [-0.4, -0.2) is 45.3 Å². The number of amides is 1. The zero-order chi connectivity index (χ0) is 17.2. The molecular weight excluding hydrogens is 336 g/mol. The standard InChI is InChI=1S/C17H20N6OS/c1-11-8-13(10-25-11)17(24)21-6-7-23-16-15(19-4-5-20-16)14(22-23)12-2-3-18-9-12/h4-5,8,10,12,18H,2-3,6-7,9H2,1H3,(H,21,24). The number of carbonyl (C=O) groups excluding carboxylic acids is 1. The van der Waals surface area contributed by atoms with E-state index < -0.39 is 0 Å². The van der Waals surface area contributed by atoms with E-state index in [0.717, 1.165) is 41.2 Å². The van der Waals surface area contributed by atoms with Gasteiger partial charge in [0.15, 0.2) is 5.65 Å². The van der Waals surface area contributed by atoms with Gasteiger partial charge in [-0.05, 0) is 26.0 Å². The van der Waals surface area contributed by atoms with Crippen LogP contribution in [-0.2, 0) is 6.54 Å². The second-order valence-electron chi connectivity index (χ2n) is 6.23. The average molecular weight is 356 g/mol. The Hall–Kier alpha value is -2.32. The molecule has 0 radical (unpaired) electrons. The highest BCUT2D eigenvalue weighted by Gasteiger charge is 2.24. The van der Waals surface area contributed by atoms with Crippen molar-refractivity contribution >= 4 is 28.4 Å². The summed E-state index contributed by atoms with van der Waals surface area (Å²) in [6, 6.07) is 1.90. The fourth-order valence-electron chi connectivity index (χ4n) is 3.18. The van der Waals surface area contributed by atoms with Gasteiger partial charge in [-0.15, -0.1) is 11.3 Å². The molecule has 2 N–H and O–H groups in total. The summed E-state index contributed by atoms with van der Waals surface area (Å²) in [5, 5.41) is 12.9. The molecule has 0 spiro atoms. The van der Waals surface area contributed by atoms with E-state index in [0.29, 0.717) is 24.6 Å². The summed E-state index contributed by atoms with van der Waals surface area (Å²) in [5.74, 6) is 0.330. The molecule has 0 aliphatic carbocycles. The highest BCUT2D eigenvalue weighted by molar-refractivity contribution is 7.10. The van der Waals surface area contributed by atoms with Gasteiger partial charge >= 0.3 is 0 Å². The van der Waals surface area contributed by atoms with Crippen molar-refractivity contribution in [1.82, 2.24) is 30.4 Å². The molecule has 1 aliphatic rings. The summed E-state index contributed by atoms with van der Waals surface area (Å²) < 4.78 is 1.86. The Morgan fingerprint density at radius 2 is 2.32 bits per heavy atom. The first kappa shape index (κ1) is 16.2. The van der Waals surface area contributed by atoms with Crippen molar-refractivity contribution in [1.29, 1.82) is 0 Å². The van der Waals surface area contributed by atoms with Crippen molar-refractivity contribution in [2.24, 2.45) is 0 Å². The van der Waals surface area contributed by atoms with Crippen LogP contribution in [0.5, 0.6) is 0 Å². The van der Waals surface area contributed by atoms with Crippen LogP contribution in [0.4, 0.5) is 0 Å². The summed E-state index contributed by atoms with van der Waals surface area (Å²) in [7, 11) is 0. The second-order valence-corrected chi connectivity index (χ2v) is 7.34. The third-order valence-corrected chi connectivity index (χ3v) is 5.30. The molecule has 4 heterocycles. The van der Waals surface area contributed by atoms with E-state index in [9.17, 15) is 4.79 Å². The fraction of sp³-hybridized carbons (Fsp3) is 0.412. The number of carbonyl (C=O) groups is 1. The van der Waals surface area contributed by atoms with Gasteiger partial charge in [0.2, 0.25) is 0 Å². The van der Waals surface area contributed by atoms with Crippen molar-refractivity contribution in [2.75, 3.05) is 19.6 Å². The van der Waals surface area contributed by atoms with Gasteiger partial charge in [-0.2, -0.15) is 5.10 Å². The molecule has 3 aromatic heterocycles. The Balaban J connectivity index is 1.48. The first-order valence-electron chi connectivity index (χ1n) is 8.44. The number of hydrogen-bond donors (Lipinski definition) is 2. The van der Waals surface area contributed by atoms with Gasteiger partial charge in [0.25, 0.3) is 5.91 Å².